The maximum absolute atomic E-state index is 13.4. The molecule has 178 valence electrons. The first-order chi connectivity index (χ1) is 16.4. The van der Waals surface area contributed by atoms with Crippen LogP contribution in [0.1, 0.15) is 40.0 Å². The average molecular weight is 465 g/mol. The molecule has 4 rings (SSSR count). The molecule has 34 heavy (non-hydrogen) atoms. The second-order valence-corrected chi connectivity index (χ2v) is 8.62. The number of benzene rings is 2. The molecule has 0 radical (unpaired) electrons. The van der Waals surface area contributed by atoms with Crippen LogP contribution in [0.15, 0.2) is 59.2 Å². The van der Waals surface area contributed by atoms with Gasteiger partial charge in [-0.15, -0.1) is 0 Å². The number of hydrogen-bond acceptors (Lipinski definition) is 5. The number of hydrogen-bond donors (Lipinski definition) is 0. The van der Waals surface area contributed by atoms with E-state index in [1.54, 1.807) is 21.9 Å². The number of amides is 2. The molecule has 0 saturated carbocycles. The molecule has 0 atom stereocenters. The van der Waals surface area contributed by atoms with Gasteiger partial charge in [0.2, 0.25) is 11.8 Å². The molecule has 0 bridgehead atoms. The zero-order valence-corrected chi connectivity index (χ0v) is 19.5. The van der Waals surface area contributed by atoms with E-state index >= 15 is 0 Å². The smallest absolute Gasteiger partial charge is 0.275 e. The Hall–Kier alpha value is -3.52. The Kier molecular flexibility index (Phi) is 7.37. The van der Waals surface area contributed by atoms with Gasteiger partial charge in [0.15, 0.2) is 5.69 Å². The average Bonchev–Trinajstić information content (AvgIpc) is 3.30. The number of piperazine rings is 1. The Labute approximate surface area is 198 Å². The number of rotatable bonds is 7. The lowest BCUT2D eigenvalue weighted by Gasteiger charge is -2.33. The topological polar surface area (TPSA) is 69.9 Å². The van der Waals surface area contributed by atoms with E-state index in [0.717, 1.165) is 5.56 Å². The number of halogens is 1. The maximum Gasteiger partial charge on any atom is 0.275 e. The fourth-order valence-corrected chi connectivity index (χ4v) is 4.10. The van der Waals surface area contributed by atoms with Crippen LogP contribution < -0.4 is 0 Å². The van der Waals surface area contributed by atoms with Gasteiger partial charge in [0, 0.05) is 46.2 Å². The number of oxazole rings is 1. The number of carbonyl (C=O) groups excluding carboxylic acids is 2. The summed E-state index contributed by atoms with van der Waals surface area (Å²) in [7, 11) is 0. The van der Waals surface area contributed by atoms with Gasteiger partial charge in [0.1, 0.15) is 12.1 Å². The van der Waals surface area contributed by atoms with E-state index in [2.05, 4.69) is 28.9 Å². The summed E-state index contributed by atoms with van der Waals surface area (Å²) in [6, 6.07) is 14.6. The molecule has 1 aromatic heterocycles. The lowest BCUT2D eigenvalue weighted by molar-refractivity contribution is -0.130. The highest BCUT2D eigenvalue weighted by Crippen LogP contribution is 2.18. The molecule has 1 aliphatic rings. The highest BCUT2D eigenvalue weighted by Gasteiger charge is 2.25. The molecule has 1 saturated heterocycles. The Morgan fingerprint density at radius 1 is 0.971 bits per heavy atom. The summed E-state index contributed by atoms with van der Waals surface area (Å²) in [5.41, 5.74) is 3.60. The van der Waals surface area contributed by atoms with Crippen LogP contribution in [0.3, 0.4) is 0 Å². The standard InChI is InChI=1S/C26H29FN4O3/c1-19-5-3-4-6-22(19)16-29(15-21-7-9-23(27)10-8-21)17-25-28-24(18-34-25)26(33)31-13-11-30(12-14-31)20(2)32/h3-10,18H,11-17H2,1-2H3. The molecule has 1 aliphatic heterocycles. The summed E-state index contributed by atoms with van der Waals surface area (Å²) in [4.78, 5) is 34.5. The van der Waals surface area contributed by atoms with Crippen molar-refractivity contribution in [3.63, 3.8) is 0 Å². The Bertz CT molecular complexity index is 1140. The molecule has 0 spiro atoms. The van der Waals surface area contributed by atoms with Crippen LogP contribution in [0, 0.1) is 12.7 Å². The van der Waals surface area contributed by atoms with E-state index in [-0.39, 0.29) is 23.3 Å². The van der Waals surface area contributed by atoms with E-state index in [1.165, 1.54) is 36.4 Å². The SMILES string of the molecule is CC(=O)N1CCN(C(=O)c2coc(CN(Cc3ccc(F)cc3)Cc3ccccc3C)n2)CC1. The van der Waals surface area contributed by atoms with Crippen LogP contribution >= 0.6 is 0 Å². The van der Waals surface area contributed by atoms with Gasteiger partial charge < -0.3 is 14.2 Å². The first-order valence-corrected chi connectivity index (χ1v) is 11.4. The van der Waals surface area contributed by atoms with E-state index in [0.29, 0.717) is 51.7 Å². The Morgan fingerprint density at radius 3 is 2.32 bits per heavy atom. The second-order valence-electron chi connectivity index (χ2n) is 8.62. The summed E-state index contributed by atoms with van der Waals surface area (Å²) in [5, 5.41) is 0. The van der Waals surface area contributed by atoms with Gasteiger partial charge in [0.05, 0.1) is 6.54 Å². The van der Waals surface area contributed by atoms with Crippen molar-refractivity contribution in [3.05, 3.63) is 88.9 Å². The number of aryl methyl sites for hydroxylation is 1. The van der Waals surface area contributed by atoms with Crippen molar-refractivity contribution in [2.75, 3.05) is 26.2 Å². The van der Waals surface area contributed by atoms with Crippen molar-refractivity contribution in [2.45, 2.75) is 33.5 Å². The Balaban J connectivity index is 1.46. The molecule has 7 nitrogen and oxygen atoms in total. The fraction of sp³-hybridized carbons (Fsp3) is 0.346. The van der Waals surface area contributed by atoms with Crippen molar-refractivity contribution in [2.24, 2.45) is 0 Å². The molecule has 2 aromatic carbocycles. The third kappa shape index (κ3) is 5.88. The first kappa shape index (κ1) is 23.6. The monoisotopic (exact) mass is 464 g/mol. The predicted molar refractivity (Wildman–Crippen MR) is 125 cm³/mol. The molecular formula is C26H29FN4O3. The minimum absolute atomic E-state index is 0.0192. The van der Waals surface area contributed by atoms with Crippen LogP contribution in [0.4, 0.5) is 4.39 Å². The molecule has 0 unspecified atom stereocenters. The molecule has 0 N–H and O–H groups in total. The first-order valence-electron chi connectivity index (χ1n) is 11.4. The summed E-state index contributed by atoms with van der Waals surface area (Å²) >= 11 is 0. The summed E-state index contributed by atoms with van der Waals surface area (Å²) in [6.45, 7) is 7.23. The fourth-order valence-electron chi connectivity index (χ4n) is 4.10. The molecule has 3 aromatic rings. The number of carbonyl (C=O) groups is 2. The number of aromatic nitrogens is 1. The minimum Gasteiger partial charge on any atom is -0.447 e. The third-order valence-electron chi connectivity index (χ3n) is 6.12. The maximum atomic E-state index is 13.4. The van der Waals surface area contributed by atoms with Gasteiger partial charge in [-0.2, -0.15) is 0 Å². The minimum atomic E-state index is -0.269. The second kappa shape index (κ2) is 10.6. The third-order valence-corrected chi connectivity index (χ3v) is 6.12. The lowest BCUT2D eigenvalue weighted by Crippen LogP contribution is -2.50. The summed E-state index contributed by atoms with van der Waals surface area (Å²) in [6.07, 6.45) is 1.40. The van der Waals surface area contributed by atoms with E-state index in [4.69, 9.17) is 4.42 Å². The van der Waals surface area contributed by atoms with Crippen LogP contribution in [-0.2, 0) is 24.4 Å². The number of nitrogens with zero attached hydrogens (tertiary/aromatic N) is 4. The van der Waals surface area contributed by atoms with Crippen LogP contribution in [0.5, 0.6) is 0 Å². The van der Waals surface area contributed by atoms with Crippen molar-refractivity contribution in [1.29, 1.82) is 0 Å². The van der Waals surface area contributed by atoms with E-state index in [9.17, 15) is 14.0 Å². The van der Waals surface area contributed by atoms with Gasteiger partial charge in [0.25, 0.3) is 5.91 Å². The molecule has 1 fully saturated rings. The summed E-state index contributed by atoms with van der Waals surface area (Å²) in [5.74, 6) is 0.00326. The normalized spacial score (nSPS) is 14.0. The van der Waals surface area contributed by atoms with Gasteiger partial charge in [-0.05, 0) is 35.7 Å². The molecule has 8 heteroatoms. The largest absolute Gasteiger partial charge is 0.447 e. The highest BCUT2D eigenvalue weighted by atomic mass is 19.1. The lowest BCUT2D eigenvalue weighted by atomic mass is 10.1. The predicted octanol–water partition coefficient (Wildman–Crippen LogP) is 3.63. The van der Waals surface area contributed by atoms with Gasteiger partial charge in [-0.25, -0.2) is 9.37 Å². The van der Waals surface area contributed by atoms with E-state index in [1.807, 2.05) is 12.1 Å². The van der Waals surface area contributed by atoms with Crippen molar-refractivity contribution >= 4 is 11.8 Å². The summed E-state index contributed by atoms with van der Waals surface area (Å²) < 4.78 is 19.0. The highest BCUT2D eigenvalue weighted by molar-refractivity contribution is 5.92. The molecule has 2 amide bonds. The molecular weight excluding hydrogens is 435 g/mol. The van der Waals surface area contributed by atoms with Gasteiger partial charge >= 0.3 is 0 Å². The van der Waals surface area contributed by atoms with Crippen LogP contribution in [0.25, 0.3) is 0 Å². The van der Waals surface area contributed by atoms with Gasteiger partial charge in [-0.3, -0.25) is 14.5 Å². The van der Waals surface area contributed by atoms with Crippen molar-refractivity contribution in [3.8, 4) is 0 Å². The van der Waals surface area contributed by atoms with Crippen LogP contribution in [-0.4, -0.2) is 57.7 Å². The van der Waals surface area contributed by atoms with Gasteiger partial charge in [-0.1, -0.05) is 36.4 Å². The quantitative estimate of drug-likeness (QED) is 0.534. The van der Waals surface area contributed by atoms with E-state index < -0.39 is 0 Å². The zero-order chi connectivity index (χ0) is 24.1. The van der Waals surface area contributed by atoms with Crippen molar-refractivity contribution < 1.29 is 18.4 Å². The zero-order valence-electron chi connectivity index (χ0n) is 19.5. The van der Waals surface area contributed by atoms with Crippen molar-refractivity contribution in [1.82, 2.24) is 19.7 Å². The van der Waals surface area contributed by atoms with Crippen LogP contribution in [0.2, 0.25) is 0 Å². The molecule has 2 heterocycles. The molecule has 0 aliphatic carbocycles. The Morgan fingerprint density at radius 2 is 1.65 bits per heavy atom.